The van der Waals surface area contributed by atoms with Crippen LogP contribution in [0.3, 0.4) is 0 Å². The van der Waals surface area contributed by atoms with Crippen molar-refractivity contribution in [3.05, 3.63) is 35.9 Å². The fraction of sp³-hybridized carbons (Fsp3) is 0.231. The SMILES string of the molecule is C#CC(C)OC(C#N)N(Cl)C(=O)c1ccccc1. The Kier molecular flexibility index (Phi) is 5.20. The number of amides is 1. The van der Waals surface area contributed by atoms with E-state index in [0.29, 0.717) is 9.98 Å². The molecular formula is C13H11ClN2O2. The molecule has 0 saturated heterocycles. The third-order valence-electron chi connectivity index (χ3n) is 2.10. The lowest BCUT2D eigenvalue weighted by Crippen LogP contribution is -2.35. The smallest absolute Gasteiger partial charge is 0.271 e. The lowest BCUT2D eigenvalue weighted by atomic mass is 10.2. The first-order valence-corrected chi connectivity index (χ1v) is 5.49. The summed E-state index contributed by atoms with van der Waals surface area (Å²) in [6.07, 6.45) is 3.29. The number of carbonyl (C=O) groups is 1. The largest absolute Gasteiger partial charge is 0.328 e. The number of hydrogen-bond donors (Lipinski definition) is 0. The van der Waals surface area contributed by atoms with Crippen molar-refractivity contribution < 1.29 is 9.53 Å². The van der Waals surface area contributed by atoms with E-state index in [1.54, 1.807) is 43.3 Å². The maximum absolute atomic E-state index is 11.9. The van der Waals surface area contributed by atoms with Crippen molar-refractivity contribution in [2.45, 2.75) is 19.3 Å². The van der Waals surface area contributed by atoms with Crippen LogP contribution in [0.25, 0.3) is 0 Å². The van der Waals surface area contributed by atoms with Crippen LogP contribution in [0.4, 0.5) is 0 Å². The van der Waals surface area contributed by atoms with Crippen LogP contribution in [0.2, 0.25) is 0 Å². The Labute approximate surface area is 111 Å². The molecule has 5 heteroatoms. The summed E-state index contributed by atoms with van der Waals surface area (Å²) in [6, 6.07) is 10.1. The molecule has 92 valence electrons. The summed E-state index contributed by atoms with van der Waals surface area (Å²) in [4.78, 5) is 11.9. The second kappa shape index (κ2) is 6.66. The van der Waals surface area contributed by atoms with Crippen molar-refractivity contribution in [3.8, 4) is 18.4 Å². The van der Waals surface area contributed by atoms with Crippen LogP contribution in [0.5, 0.6) is 0 Å². The maximum atomic E-state index is 11.9. The molecule has 0 heterocycles. The van der Waals surface area contributed by atoms with Gasteiger partial charge >= 0.3 is 0 Å². The summed E-state index contributed by atoms with van der Waals surface area (Å²) in [5, 5.41) is 8.91. The van der Waals surface area contributed by atoms with E-state index >= 15 is 0 Å². The molecule has 1 aromatic rings. The van der Waals surface area contributed by atoms with Crippen LogP contribution in [0, 0.1) is 23.7 Å². The molecule has 0 aliphatic heterocycles. The average molecular weight is 263 g/mol. The molecule has 0 saturated carbocycles. The molecule has 0 N–H and O–H groups in total. The van der Waals surface area contributed by atoms with Gasteiger partial charge in [0.05, 0.1) is 0 Å². The molecule has 0 aliphatic rings. The second-order valence-electron chi connectivity index (χ2n) is 3.41. The maximum Gasteiger partial charge on any atom is 0.271 e. The second-order valence-corrected chi connectivity index (χ2v) is 3.77. The number of carbonyl (C=O) groups excluding carboxylic acids is 1. The van der Waals surface area contributed by atoms with E-state index in [1.807, 2.05) is 0 Å². The van der Waals surface area contributed by atoms with Gasteiger partial charge in [-0.25, -0.2) is 4.42 Å². The molecule has 1 rings (SSSR count). The molecule has 0 spiro atoms. The summed E-state index contributed by atoms with van der Waals surface area (Å²) >= 11 is 5.80. The summed E-state index contributed by atoms with van der Waals surface area (Å²) in [7, 11) is 0. The Morgan fingerprint density at radius 3 is 2.61 bits per heavy atom. The van der Waals surface area contributed by atoms with Crippen molar-refractivity contribution in [1.82, 2.24) is 4.42 Å². The van der Waals surface area contributed by atoms with Crippen LogP contribution in [-0.4, -0.2) is 22.7 Å². The molecule has 0 radical (unpaired) electrons. The fourth-order valence-electron chi connectivity index (χ4n) is 1.18. The van der Waals surface area contributed by atoms with Gasteiger partial charge in [0.15, 0.2) is 0 Å². The number of rotatable bonds is 4. The molecule has 1 aromatic carbocycles. The van der Waals surface area contributed by atoms with Crippen LogP contribution in [0.1, 0.15) is 17.3 Å². The zero-order valence-electron chi connectivity index (χ0n) is 9.71. The number of nitriles is 1. The normalized spacial score (nSPS) is 12.9. The molecule has 4 nitrogen and oxygen atoms in total. The van der Waals surface area contributed by atoms with Crippen molar-refractivity contribution >= 4 is 17.7 Å². The number of hydrogen-bond acceptors (Lipinski definition) is 3. The van der Waals surface area contributed by atoms with Gasteiger partial charge in [-0.05, 0) is 19.1 Å². The summed E-state index contributed by atoms with van der Waals surface area (Å²) in [5.41, 5.74) is 0.365. The Bertz CT molecular complexity index is 490. The zero-order valence-corrected chi connectivity index (χ0v) is 10.5. The molecular weight excluding hydrogens is 252 g/mol. The van der Waals surface area contributed by atoms with Crippen molar-refractivity contribution in [2.24, 2.45) is 0 Å². The highest BCUT2D eigenvalue weighted by Gasteiger charge is 2.25. The molecule has 0 aromatic heterocycles. The number of nitrogens with zero attached hydrogens (tertiary/aromatic N) is 2. The van der Waals surface area contributed by atoms with Gasteiger partial charge in [-0.3, -0.25) is 4.79 Å². The Morgan fingerprint density at radius 2 is 2.11 bits per heavy atom. The molecule has 0 aliphatic carbocycles. The monoisotopic (exact) mass is 262 g/mol. The highest BCUT2D eigenvalue weighted by Crippen LogP contribution is 2.13. The van der Waals surface area contributed by atoms with Crippen LogP contribution < -0.4 is 0 Å². The number of halogens is 1. The molecule has 18 heavy (non-hydrogen) atoms. The highest BCUT2D eigenvalue weighted by atomic mass is 35.5. The average Bonchev–Trinajstić information content (AvgIpc) is 2.43. The quantitative estimate of drug-likeness (QED) is 0.475. The van der Waals surface area contributed by atoms with E-state index in [2.05, 4.69) is 5.92 Å². The lowest BCUT2D eigenvalue weighted by Gasteiger charge is -2.21. The van der Waals surface area contributed by atoms with Gasteiger partial charge in [0, 0.05) is 17.3 Å². The van der Waals surface area contributed by atoms with E-state index in [1.165, 1.54) is 0 Å². The van der Waals surface area contributed by atoms with E-state index in [9.17, 15) is 4.79 Å². The van der Waals surface area contributed by atoms with Crippen molar-refractivity contribution in [2.75, 3.05) is 0 Å². The minimum Gasteiger partial charge on any atom is -0.328 e. The van der Waals surface area contributed by atoms with Gasteiger partial charge in [-0.15, -0.1) is 6.42 Å². The van der Waals surface area contributed by atoms with Gasteiger partial charge in [0.1, 0.15) is 12.2 Å². The van der Waals surface area contributed by atoms with Gasteiger partial charge < -0.3 is 4.74 Å². The van der Waals surface area contributed by atoms with Crippen molar-refractivity contribution in [1.29, 1.82) is 5.26 Å². The van der Waals surface area contributed by atoms with Gasteiger partial charge in [-0.1, -0.05) is 24.1 Å². The topological polar surface area (TPSA) is 53.3 Å². The predicted molar refractivity (Wildman–Crippen MR) is 67.2 cm³/mol. The van der Waals surface area contributed by atoms with E-state index in [0.717, 1.165) is 0 Å². The van der Waals surface area contributed by atoms with E-state index in [-0.39, 0.29) is 0 Å². The molecule has 2 atom stereocenters. The lowest BCUT2D eigenvalue weighted by molar-refractivity contribution is 0.00148. The first-order chi connectivity index (χ1) is 8.60. The first kappa shape index (κ1) is 14.1. The van der Waals surface area contributed by atoms with Gasteiger partial charge in [0.2, 0.25) is 6.23 Å². The highest BCUT2D eigenvalue weighted by molar-refractivity contribution is 6.24. The minimum atomic E-state index is -1.23. The van der Waals surface area contributed by atoms with E-state index < -0.39 is 18.2 Å². The third kappa shape index (κ3) is 3.49. The molecule has 0 fully saturated rings. The van der Waals surface area contributed by atoms with Crippen LogP contribution in [-0.2, 0) is 4.74 Å². The number of ether oxygens (including phenoxy) is 1. The minimum absolute atomic E-state index is 0.365. The summed E-state index contributed by atoms with van der Waals surface area (Å²) in [6.45, 7) is 1.59. The van der Waals surface area contributed by atoms with Gasteiger partial charge in [-0.2, -0.15) is 5.26 Å². The molecule has 2 unspecified atom stereocenters. The predicted octanol–water partition coefficient (Wildman–Crippen LogP) is 2.17. The van der Waals surface area contributed by atoms with Crippen LogP contribution in [0.15, 0.2) is 30.3 Å². The summed E-state index contributed by atoms with van der Waals surface area (Å²) in [5.74, 6) is 1.77. The fourth-order valence-corrected chi connectivity index (χ4v) is 1.36. The Hall–Kier alpha value is -2.01. The summed E-state index contributed by atoms with van der Waals surface area (Å²) < 4.78 is 5.83. The molecule has 0 bridgehead atoms. The number of benzene rings is 1. The van der Waals surface area contributed by atoms with E-state index in [4.69, 9.17) is 28.2 Å². The standard InChI is InChI=1S/C13H11ClN2O2/c1-3-10(2)18-12(9-15)16(14)13(17)11-7-5-4-6-8-11/h1,4-8,10,12H,2H3. The Morgan fingerprint density at radius 1 is 1.50 bits per heavy atom. The van der Waals surface area contributed by atoms with Crippen molar-refractivity contribution in [3.63, 3.8) is 0 Å². The zero-order chi connectivity index (χ0) is 13.5. The Balaban J connectivity index is 2.80. The van der Waals surface area contributed by atoms with Crippen LogP contribution >= 0.6 is 11.8 Å². The molecule has 1 amide bonds. The first-order valence-electron chi connectivity index (χ1n) is 5.15. The third-order valence-corrected chi connectivity index (χ3v) is 2.43. The van der Waals surface area contributed by atoms with Gasteiger partial charge in [0.25, 0.3) is 5.91 Å². The number of terminal acetylenes is 1.